The Labute approximate surface area is 156 Å². The van der Waals surface area contributed by atoms with E-state index in [1.807, 2.05) is 30.3 Å². The van der Waals surface area contributed by atoms with Crippen LogP contribution in [0.1, 0.15) is 27.7 Å². The molecule has 1 atom stereocenters. The maximum absolute atomic E-state index is 12.7. The van der Waals surface area contributed by atoms with E-state index in [1.54, 1.807) is 35.3 Å². The van der Waals surface area contributed by atoms with Crippen molar-refractivity contribution in [2.24, 2.45) is 0 Å². The summed E-state index contributed by atoms with van der Waals surface area (Å²) in [7, 11) is 0. The highest BCUT2D eigenvalue weighted by Crippen LogP contribution is 2.25. The number of benzene rings is 2. The quantitative estimate of drug-likeness (QED) is 0.658. The van der Waals surface area contributed by atoms with Crippen LogP contribution >= 0.6 is 11.3 Å². The van der Waals surface area contributed by atoms with Crippen molar-refractivity contribution >= 4 is 34.0 Å². The zero-order valence-electron chi connectivity index (χ0n) is 14.5. The molecule has 3 aromatic rings. The molecule has 2 aromatic carbocycles. The minimum Gasteiger partial charge on any atom is -0.449 e. The average molecular weight is 365 g/mol. The molecule has 0 N–H and O–H groups in total. The molecule has 0 fully saturated rings. The SMILES string of the molecule is CC(OC(=O)c1ccc2ccccc2c1)C(=O)N1CCc2sccc2C1. The van der Waals surface area contributed by atoms with Crippen molar-refractivity contribution in [2.45, 2.75) is 26.0 Å². The van der Waals surface area contributed by atoms with Crippen LogP contribution in [0.2, 0.25) is 0 Å². The zero-order chi connectivity index (χ0) is 18.1. The Morgan fingerprint density at radius 3 is 2.77 bits per heavy atom. The molecule has 0 saturated heterocycles. The fraction of sp³-hybridized carbons (Fsp3) is 0.238. The highest BCUT2D eigenvalue weighted by Gasteiger charge is 2.27. The predicted molar refractivity (Wildman–Crippen MR) is 102 cm³/mol. The molecule has 0 spiro atoms. The Hall–Kier alpha value is -2.66. The molecule has 1 aromatic heterocycles. The second-order valence-electron chi connectivity index (χ2n) is 6.49. The van der Waals surface area contributed by atoms with Gasteiger partial charge in [-0.3, -0.25) is 4.79 Å². The molecule has 0 aliphatic carbocycles. The first-order valence-electron chi connectivity index (χ1n) is 8.65. The summed E-state index contributed by atoms with van der Waals surface area (Å²) in [6, 6.07) is 15.3. The van der Waals surface area contributed by atoms with Crippen molar-refractivity contribution in [3.8, 4) is 0 Å². The van der Waals surface area contributed by atoms with Gasteiger partial charge in [-0.15, -0.1) is 11.3 Å². The van der Waals surface area contributed by atoms with E-state index in [9.17, 15) is 9.59 Å². The third-order valence-corrected chi connectivity index (χ3v) is 5.76. The van der Waals surface area contributed by atoms with Gasteiger partial charge in [0.25, 0.3) is 5.91 Å². The molecular weight excluding hydrogens is 346 g/mol. The lowest BCUT2D eigenvalue weighted by molar-refractivity contribution is -0.140. The molecule has 5 heteroatoms. The van der Waals surface area contributed by atoms with E-state index in [2.05, 4.69) is 11.4 Å². The molecule has 1 amide bonds. The summed E-state index contributed by atoms with van der Waals surface area (Å²) < 4.78 is 5.44. The van der Waals surface area contributed by atoms with Gasteiger partial charge in [-0.2, -0.15) is 0 Å². The lowest BCUT2D eigenvalue weighted by atomic mass is 10.1. The molecule has 0 bridgehead atoms. The number of esters is 1. The highest BCUT2D eigenvalue weighted by molar-refractivity contribution is 7.10. The minimum absolute atomic E-state index is 0.143. The summed E-state index contributed by atoms with van der Waals surface area (Å²) in [4.78, 5) is 28.2. The smallest absolute Gasteiger partial charge is 0.338 e. The summed E-state index contributed by atoms with van der Waals surface area (Å²) in [5, 5.41) is 4.09. The van der Waals surface area contributed by atoms with E-state index in [0.717, 1.165) is 17.2 Å². The Bertz CT molecular complexity index is 978. The fourth-order valence-corrected chi connectivity index (χ4v) is 4.18. The number of carbonyl (C=O) groups is 2. The van der Waals surface area contributed by atoms with Gasteiger partial charge in [-0.1, -0.05) is 30.3 Å². The van der Waals surface area contributed by atoms with Crippen LogP contribution in [0.4, 0.5) is 0 Å². The Morgan fingerprint density at radius 1 is 1.12 bits per heavy atom. The topological polar surface area (TPSA) is 46.6 Å². The molecule has 1 unspecified atom stereocenters. The van der Waals surface area contributed by atoms with E-state index in [0.29, 0.717) is 18.7 Å². The lowest BCUT2D eigenvalue weighted by Crippen LogP contribution is -2.42. The van der Waals surface area contributed by atoms with Gasteiger partial charge in [0, 0.05) is 18.0 Å². The summed E-state index contributed by atoms with van der Waals surface area (Å²) in [5.74, 6) is -0.610. The van der Waals surface area contributed by atoms with Gasteiger partial charge in [-0.25, -0.2) is 4.79 Å². The number of carbonyl (C=O) groups excluding carboxylic acids is 2. The van der Waals surface area contributed by atoms with Crippen LogP contribution in [0.25, 0.3) is 10.8 Å². The van der Waals surface area contributed by atoms with Gasteiger partial charge in [-0.05, 0) is 53.3 Å². The standard InChI is InChI=1S/C21H19NO3S/c1-14(20(23)22-10-8-19-18(13-22)9-11-26-19)25-21(24)17-7-6-15-4-2-3-5-16(15)12-17/h2-7,9,11-12,14H,8,10,13H2,1H3. The van der Waals surface area contributed by atoms with E-state index >= 15 is 0 Å². The molecule has 1 aliphatic heterocycles. The third-order valence-electron chi connectivity index (χ3n) is 4.74. The van der Waals surface area contributed by atoms with Gasteiger partial charge >= 0.3 is 5.97 Å². The molecule has 26 heavy (non-hydrogen) atoms. The summed E-state index contributed by atoms with van der Waals surface area (Å²) in [6.07, 6.45) is 0.0681. The Balaban J connectivity index is 1.44. The summed E-state index contributed by atoms with van der Waals surface area (Å²) in [5.41, 5.74) is 1.66. The molecule has 0 radical (unpaired) electrons. The van der Waals surface area contributed by atoms with Crippen molar-refractivity contribution in [1.29, 1.82) is 0 Å². The van der Waals surface area contributed by atoms with E-state index in [4.69, 9.17) is 4.74 Å². The number of hydrogen-bond donors (Lipinski definition) is 0. The second-order valence-corrected chi connectivity index (χ2v) is 7.49. The van der Waals surface area contributed by atoms with E-state index in [-0.39, 0.29) is 5.91 Å². The highest BCUT2D eigenvalue weighted by atomic mass is 32.1. The minimum atomic E-state index is -0.797. The maximum atomic E-state index is 12.7. The van der Waals surface area contributed by atoms with Gasteiger partial charge in [0.2, 0.25) is 0 Å². The molecule has 132 valence electrons. The molecular formula is C21H19NO3S. The number of fused-ring (bicyclic) bond motifs is 2. The first-order valence-corrected chi connectivity index (χ1v) is 9.53. The Morgan fingerprint density at radius 2 is 1.92 bits per heavy atom. The van der Waals surface area contributed by atoms with Crippen molar-refractivity contribution in [2.75, 3.05) is 6.54 Å². The number of nitrogens with zero attached hydrogens (tertiary/aromatic N) is 1. The monoisotopic (exact) mass is 365 g/mol. The van der Waals surface area contributed by atoms with Crippen molar-refractivity contribution in [3.63, 3.8) is 0 Å². The van der Waals surface area contributed by atoms with Crippen molar-refractivity contribution in [3.05, 3.63) is 69.9 Å². The van der Waals surface area contributed by atoms with Crippen LogP contribution < -0.4 is 0 Å². The van der Waals surface area contributed by atoms with Crippen molar-refractivity contribution in [1.82, 2.24) is 4.90 Å². The zero-order valence-corrected chi connectivity index (χ0v) is 15.3. The van der Waals surface area contributed by atoms with Gasteiger partial charge in [0.1, 0.15) is 0 Å². The van der Waals surface area contributed by atoms with Crippen LogP contribution in [0.15, 0.2) is 53.9 Å². The summed E-state index contributed by atoms with van der Waals surface area (Å²) >= 11 is 1.73. The number of thiophene rings is 1. The van der Waals surface area contributed by atoms with Crippen LogP contribution in [0.3, 0.4) is 0 Å². The number of rotatable bonds is 3. The molecule has 1 aliphatic rings. The van der Waals surface area contributed by atoms with E-state index < -0.39 is 12.1 Å². The van der Waals surface area contributed by atoms with Crippen LogP contribution in [0.5, 0.6) is 0 Å². The summed E-state index contributed by atoms with van der Waals surface area (Å²) in [6.45, 7) is 2.91. The normalized spacial score (nSPS) is 14.7. The molecule has 0 saturated carbocycles. The van der Waals surface area contributed by atoms with E-state index in [1.165, 1.54) is 10.4 Å². The van der Waals surface area contributed by atoms with Gasteiger partial charge in [0.15, 0.2) is 6.10 Å². The number of hydrogen-bond acceptors (Lipinski definition) is 4. The third kappa shape index (κ3) is 3.22. The second kappa shape index (κ2) is 6.92. The van der Waals surface area contributed by atoms with Gasteiger partial charge in [0.05, 0.1) is 5.56 Å². The molecule has 2 heterocycles. The largest absolute Gasteiger partial charge is 0.449 e. The average Bonchev–Trinajstić information content (AvgIpc) is 3.14. The number of ether oxygens (including phenoxy) is 1. The van der Waals surface area contributed by atoms with Crippen LogP contribution in [-0.2, 0) is 22.5 Å². The van der Waals surface area contributed by atoms with Crippen molar-refractivity contribution < 1.29 is 14.3 Å². The maximum Gasteiger partial charge on any atom is 0.338 e. The first-order chi connectivity index (χ1) is 12.6. The first kappa shape index (κ1) is 16.8. The Kier molecular flexibility index (Phi) is 4.47. The lowest BCUT2D eigenvalue weighted by Gasteiger charge is -2.29. The molecule has 4 rings (SSSR count). The fourth-order valence-electron chi connectivity index (χ4n) is 3.29. The van der Waals surface area contributed by atoms with Gasteiger partial charge < -0.3 is 9.64 Å². The predicted octanol–water partition coefficient (Wildman–Crippen LogP) is 4.03. The number of amides is 1. The van der Waals surface area contributed by atoms with Crippen LogP contribution in [-0.4, -0.2) is 29.4 Å². The molecule has 4 nitrogen and oxygen atoms in total. The van der Waals surface area contributed by atoms with Crippen LogP contribution in [0, 0.1) is 0 Å².